The van der Waals surface area contributed by atoms with Crippen molar-refractivity contribution in [1.29, 1.82) is 0 Å². The van der Waals surface area contributed by atoms with Crippen molar-refractivity contribution >= 4 is 23.6 Å². The number of carboxylic acids is 1. The van der Waals surface area contributed by atoms with Crippen LogP contribution >= 0.6 is 11.6 Å². The smallest absolute Gasteiger partial charge is 0.318 e. The molecule has 5 nitrogen and oxygen atoms in total. The van der Waals surface area contributed by atoms with Crippen LogP contribution in [0.25, 0.3) is 0 Å². The van der Waals surface area contributed by atoms with Gasteiger partial charge in [0.2, 0.25) is 0 Å². The number of rotatable bonds is 6. The number of nitrogens with zero attached hydrogens (tertiary/aromatic N) is 1. The van der Waals surface area contributed by atoms with Crippen molar-refractivity contribution in [2.45, 2.75) is 39.3 Å². The number of halogens is 1. The lowest BCUT2D eigenvalue weighted by Gasteiger charge is -2.28. The largest absolute Gasteiger partial charge is 0.481 e. The fourth-order valence-electron chi connectivity index (χ4n) is 1.94. The molecule has 0 heterocycles. The Bertz CT molecular complexity index is 505. The number of amides is 2. The molecule has 0 radical (unpaired) electrons. The molecule has 0 spiro atoms. The second-order valence-corrected chi connectivity index (χ2v) is 5.59. The van der Waals surface area contributed by atoms with Crippen LogP contribution in [0.3, 0.4) is 0 Å². The molecule has 1 aromatic rings. The molecule has 0 aliphatic heterocycles. The molecule has 1 unspecified atom stereocenters. The van der Waals surface area contributed by atoms with Gasteiger partial charge in [0.1, 0.15) is 0 Å². The monoisotopic (exact) mass is 312 g/mol. The van der Waals surface area contributed by atoms with Crippen molar-refractivity contribution in [3.8, 4) is 0 Å². The molecule has 2 N–H and O–H groups in total. The van der Waals surface area contributed by atoms with E-state index in [9.17, 15) is 9.59 Å². The van der Waals surface area contributed by atoms with Crippen molar-refractivity contribution in [3.05, 3.63) is 34.9 Å². The van der Waals surface area contributed by atoms with Gasteiger partial charge in [-0.2, -0.15) is 0 Å². The van der Waals surface area contributed by atoms with Gasteiger partial charge in [-0.1, -0.05) is 23.7 Å². The summed E-state index contributed by atoms with van der Waals surface area (Å²) in [6.07, 6.45) is -0.0723. The topological polar surface area (TPSA) is 69.6 Å². The highest BCUT2D eigenvalue weighted by Gasteiger charge is 2.20. The Morgan fingerprint density at radius 2 is 2.00 bits per heavy atom. The molecule has 0 saturated heterocycles. The molecule has 0 saturated carbocycles. The van der Waals surface area contributed by atoms with Crippen LogP contribution in [-0.2, 0) is 4.79 Å². The van der Waals surface area contributed by atoms with E-state index in [0.29, 0.717) is 5.02 Å². The molecule has 6 heteroatoms. The molecule has 0 fully saturated rings. The van der Waals surface area contributed by atoms with Crippen LogP contribution in [0, 0.1) is 0 Å². The van der Waals surface area contributed by atoms with Crippen LogP contribution in [-0.4, -0.2) is 34.6 Å². The number of urea groups is 1. The van der Waals surface area contributed by atoms with Crippen molar-refractivity contribution in [2.24, 2.45) is 0 Å². The Balaban J connectivity index is 2.70. The Morgan fingerprint density at radius 1 is 1.33 bits per heavy atom. The second kappa shape index (κ2) is 7.88. The summed E-state index contributed by atoms with van der Waals surface area (Å²) in [5.41, 5.74) is 0.901. The molecule has 2 amide bonds. The Hall–Kier alpha value is -1.75. The fraction of sp³-hybridized carbons (Fsp3) is 0.467. The zero-order valence-electron chi connectivity index (χ0n) is 12.5. The van der Waals surface area contributed by atoms with Gasteiger partial charge in [-0.25, -0.2) is 4.79 Å². The molecule has 21 heavy (non-hydrogen) atoms. The van der Waals surface area contributed by atoms with Crippen LogP contribution in [0.2, 0.25) is 5.02 Å². The van der Waals surface area contributed by atoms with E-state index in [1.54, 1.807) is 12.1 Å². The maximum atomic E-state index is 12.3. The summed E-state index contributed by atoms with van der Waals surface area (Å²) in [6, 6.07) is 6.71. The number of benzene rings is 1. The molecule has 0 aliphatic rings. The molecular weight excluding hydrogens is 292 g/mol. The average Bonchev–Trinajstić information content (AvgIpc) is 2.37. The van der Waals surface area contributed by atoms with Gasteiger partial charge in [0.15, 0.2) is 0 Å². The van der Waals surface area contributed by atoms with E-state index in [0.717, 1.165) is 5.56 Å². The molecule has 116 valence electrons. The van der Waals surface area contributed by atoms with Gasteiger partial charge in [-0.3, -0.25) is 4.79 Å². The zero-order valence-corrected chi connectivity index (χ0v) is 13.2. The first kappa shape index (κ1) is 17.3. The summed E-state index contributed by atoms with van der Waals surface area (Å²) in [4.78, 5) is 24.4. The number of nitrogens with one attached hydrogen (secondary N) is 1. The third-order valence-corrected chi connectivity index (χ3v) is 3.37. The molecule has 0 bridgehead atoms. The van der Waals surface area contributed by atoms with E-state index >= 15 is 0 Å². The quantitative estimate of drug-likeness (QED) is 0.846. The summed E-state index contributed by atoms with van der Waals surface area (Å²) in [5.74, 6) is -0.920. The molecule has 1 rings (SSSR count). The SMILES string of the molecule is CC(NC(=O)N(CCC(=O)O)C(C)C)c1cccc(Cl)c1. The third kappa shape index (κ3) is 5.63. The van der Waals surface area contributed by atoms with Gasteiger partial charge in [0.25, 0.3) is 0 Å². The van der Waals surface area contributed by atoms with Gasteiger partial charge in [-0.05, 0) is 38.5 Å². The maximum absolute atomic E-state index is 12.3. The Labute approximate surface area is 129 Å². The van der Waals surface area contributed by atoms with Crippen LogP contribution in [0.1, 0.15) is 38.8 Å². The minimum Gasteiger partial charge on any atom is -0.481 e. The van der Waals surface area contributed by atoms with E-state index in [1.165, 1.54) is 4.90 Å². The van der Waals surface area contributed by atoms with E-state index < -0.39 is 5.97 Å². The van der Waals surface area contributed by atoms with E-state index in [1.807, 2.05) is 32.9 Å². The van der Waals surface area contributed by atoms with Crippen molar-refractivity contribution in [3.63, 3.8) is 0 Å². The molecule has 0 aromatic heterocycles. The maximum Gasteiger partial charge on any atom is 0.318 e. The lowest BCUT2D eigenvalue weighted by atomic mass is 10.1. The van der Waals surface area contributed by atoms with Crippen molar-refractivity contribution in [1.82, 2.24) is 10.2 Å². The number of hydrogen-bond acceptors (Lipinski definition) is 2. The van der Waals surface area contributed by atoms with Crippen LogP contribution < -0.4 is 5.32 Å². The lowest BCUT2D eigenvalue weighted by molar-refractivity contribution is -0.137. The fourth-order valence-corrected chi connectivity index (χ4v) is 2.14. The van der Waals surface area contributed by atoms with Gasteiger partial charge in [-0.15, -0.1) is 0 Å². The summed E-state index contributed by atoms with van der Waals surface area (Å²) in [5, 5.41) is 12.2. The highest BCUT2D eigenvalue weighted by molar-refractivity contribution is 6.30. The first-order valence-corrected chi connectivity index (χ1v) is 7.23. The standard InChI is InChI=1S/C15H21ClN2O3/c1-10(2)18(8-7-14(19)20)15(21)17-11(3)12-5-4-6-13(16)9-12/h4-6,9-11H,7-8H2,1-3H3,(H,17,21)(H,19,20). The van der Waals surface area contributed by atoms with Crippen LogP contribution in [0.4, 0.5) is 4.79 Å². The minimum atomic E-state index is -0.920. The summed E-state index contributed by atoms with van der Waals surface area (Å²) < 4.78 is 0. The predicted octanol–water partition coefficient (Wildman–Crippen LogP) is 3.30. The molecule has 1 aromatic carbocycles. The van der Waals surface area contributed by atoms with Gasteiger partial charge in [0, 0.05) is 17.6 Å². The summed E-state index contributed by atoms with van der Waals surface area (Å²) >= 11 is 5.93. The predicted molar refractivity (Wildman–Crippen MR) is 82.5 cm³/mol. The summed E-state index contributed by atoms with van der Waals surface area (Å²) in [6.45, 7) is 5.75. The molecule has 0 aliphatic carbocycles. The third-order valence-electron chi connectivity index (χ3n) is 3.14. The van der Waals surface area contributed by atoms with Crippen molar-refractivity contribution in [2.75, 3.05) is 6.54 Å². The van der Waals surface area contributed by atoms with Gasteiger partial charge in [0.05, 0.1) is 12.5 Å². The van der Waals surface area contributed by atoms with Crippen LogP contribution in [0.5, 0.6) is 0 Å². The Kier molecular flexibility index (Phi) is 6.49. The minimum absolute atomic E-state index is 0.0723. The number of aliphatic carboxylic acids is 1. The second-order valence-electron chi connectivity index (χ2n) is 5.16. The van der Waals surface area contributed by atoms with E-state index in [4.69, 9.17) is 16.7 Å². The molecule has 1 atom stereocenters. The normalized spacial score (nSPS) is 12.0. The van der Waals surface area contributed by atoms with Gasteiger partial charge >= 0.3 is 12.0 Å². The lowest BCUT2D eigenvalue weighted by Crippen LogP contribution is -2.45. The number of carboxylic acid groups (broad SMARTS) is 1. The first-order chi connectivity index (χ1) is 9.81. The highest BCUT2D eigenvalue weighted by Crippen LogP contribution is 2.17. The highest BCUT2D eigenvalue weighted by atomic mass is 35.5. The Morgan fingerprint density at radius 3 is 2.52 bits per heavy atom. The average molecular weight is 313 g/mol. The van der Waals surface area contributed by atoms with E-state index in [-0.39, 0.29) is 31.1 Å². The number of carbonyl (C=O) groups is 2. The van der Waals surface area contributed by atoms with Crippen molar-refractivity contribution < 1.29 is 14.7 Å². The number of hydrogen-bond donors (Lipinski definition) is 2. The summed E-state index contributed by atoms with van der Waals surface area (Å²) in [7, 11) is 0. The molecular formula is C15H21ClN2O3. The number of carbonyl (C=O) groups excluding carboxylic acids is 1. The zero-order chi connectivity index (χ0) is 16.0. The van der Waals surface area contributed by atoms with E-state index in [2.05, 4.69) is 5.32 Å². The first-order valence-electron chi connectivity index (χ1n) is 6.85. The van der Waals surface area contributed by atoms with Gasteiger partial charge < -0.3 is 15.3 Å². The van der Waals surface area contributed by atoms with Crippen LogP contribution in [0.15, 0.2) is 24.3 Å².